The molecule has 3 heteroatoms. The van der Waals surface area contributed by atoms with Crippen LogP contribution in [0.3, 0.4) is 0 Å². The van der Waals surface area contributed by atoms with Crippen molar-refractivity contribution >= 4 is 14.7 Å². The van der Waals surface area contributed by atoms with E-state index in [1.807, 2.05) is 0 Å². The summed E-state index contributed by atoms with van der Waals surface area (Å²) >= 11 is 0. The fourth-order valence-corrected chi connectivity index (χ4v) is 14.6. The molecule has 2 N–H and O–H groups in total. The van der Waals surface area contributed by atoms with Crippen LogP contribution in [0.15, 0.2) is 0 Å². The first-order chi connectivity index (χ1) is 6.27. The molecule has 0 aliphatic carbocycles. The van der Waals surface area contributed by atoms with E-state index in [0.29, 0.717) is 0 Å². The molecule has 14 heavy (non-hydrogen) atoms. The molecule has 0 amide bonds. The minimum absolute atomic E-state index is 0.893. The Morgan fingerprint density at radius 1 is 1.14 bits per heavy atom. The van der Waals surface area contributed by atoms with Crippen LogP contribution in [0, 0.1) is 0 Å². The Morgan fingerprint density at radius 3 is 1.93 bits per heavy atom. The van der Waals surface area contributed by atoms with Gasteiger partial charge in [-0.15, -0.1) is 0 Å². The van der Waals surface area contributed by atoms with Crippen molar-refractivity contribution in [2.24, 2.45) is 5.50 Å². The van der Waals surface area contributed by atoms with E-state index in [4.69, 9.17) is 5.50 Å². The first kappa shape index (κ1) is 14.8. The van der Waals surface area contributed by atoms with Gasteiger partial charge >= 0.3 is 91.5 Å². The Balaban J connectivity index is 4.51. The maximum atomic E-state index is 6.44. The van der Waals surface area contributed by atoms with Crippen molar-refractivity contribution in [1.29, 1.82) is 0 Å². The molecule has 0 spiro atoms. The first-order valence-electron chi connectivity index (χ1n) is 6.06. The normalized spacial score (nSPS) is 16.0. The Hall–Kier alpha value is 0.820. The van der Waals surface area contributed by atoms with Crippen LogP contribution < -0.4 is 5.50 Å². The van der Waals surface area contributed by atoms with Gasteiger partial charge in [-0.2, -0.15) is 0 Å². The quantitative estimate of drug-likeness (QED) is 0.706. The summed E-state index contributed by atoms with van der Waals surface area (Å²) in [5, 5.41) is 0. The molecule has 0 radical (unpaired) electrons. The van der Waals surface area contributed by atoms with E-state index in [0.717, 1.165) is 5.66 Å². The molecule has 0 unspecified atom stereocenters. The van der Waals surface area contributed by atoms with Gasteiger partial charge in [0, 0.05) is 0 Å². The summed E-state index contributed by atoms with van der Waals surface area (Å²) in [6.07, 6.45) is 4.05. The van der Waals surface area contributed by atoms with Crippen LogP contribution in [0.4, 0.5) is 0 Å². The van der Waals surface area contributed by atoms with Gasteiger partial charge in [0.15, 0.2) is 0 Å². The zero-order valence-corrected chi connectivity index (χ0v) is 13.0. The molecule has 0 aliphatic heterocycles. The molecule has 0 aliphatic rings. The molecule has 0 aromatic carbocycles. The van der Waals surface area contributed by atoms with E-state index in [2.05, 4.69) is 41.0 Å². The van der Waals surface area contributed by atoms with Gasteiger partial charge in [0.05, 0.1) is 0 Å². The van der Waals surface area contributed by atoms with Crippen LogP contribution in [-0.4, -0.2) is 37.2 Å². The van der Waals surface area contributed by atoms with Crippen molar-refractivity contribution in [1.82, 2.24) is 0 Å². The second-order valence-electron chi connectivity index (χ2n) is 5.74. The van der Waals surface area contributed by atoms with Crippen LogP contribution in [0.2, 0.25) is 0 Å². The summed E-state index contributed by atoms with van der Waals surface area (Å²) in [6.45, 7) is 14.3. The second-order valence-corrected chi connectivity index (χ2v) is 16.1. The summed E-state index contributed by atoms with van der Waals surface area (Å²) < 4.78 is 0. The molecule has 0 fully saturated rings. The molecular formula is C11H31NP2. The molecule has 0 heterocycles. The van der Waals surface area contributed by atoms with Crippen molar-refractivity contribution in [3.05, 3.63) is 0 Å². The molecule has 0 atom stereocenters. The van der Waals surface area contributed by atoms with Gasteiger partial charge in [0.1, 0.15) is 0 Å². The molecule has 1 nitrogen and oxygen atoms in total. The molecule has 0 rings (SSSR count). The number of rotatable bonds is 6. The Morgan fingerprint density at radius 2 is 1.64 bits per heavy atom. The number of nitrogens with two attached hydrogens (primary N) is 1. The topological polar surface area (TPSA) is 26.0 Å². The molecule has 0 saturated heterocycles. The fourth-order valence-electron chi connectivity index (χ4n) is 2.20. The van der Waals surface area contributed by atoms with Crippen LogP contribution >= 0.6 is 14.7 Å². The molecular weight excluding hydrogens is 208 g/mol. The summed E-state index contributed by atoms with van der Waals surface area (Å²) in [5.41, 5.74) is 7.34. The van der Waals surface area contributed by atoms with Crippen molar-refractivity contribution in [3.63, 3.8) is 0 Å². The van der Waals surface area contributed by atoms with Crippen molar-refractivity contribution in [2.45, 2.75) is 39.8 Å². The monoisotopic (exact) mass is 239 g/mol. The van der Waals surface area contributed by atoms with Crippen molar-refractivity contribution in [3.8, 4) is 0 Å². The molecule has 90 valence electrons. The Labute approximate surface area is 92.0 Å². The maximum absolute atomic E-state index is 6.44. The van der Waals surface area contributed by atoms with Crippen LogP contribution in [0.1, 0.15) is 34.1 Å². The number of hydrogen-bond donors (Lipinski definition) is 1. The van der Waals surface area contributed by atoms with E-state index in [1.54, 1.807) is 0 Å². The summed E-state index contributed by atoms with van der Waals surface area (Å²) in [7, 11) is -2.40. The van der Waals surface area contributed by atoms with E-state index in [-0.39, 0.29) is 0 Å². The summed E-state index contributed by atoms with van der Waals surface area (Å²) in [6, 6.07) is 0. The average molecular weight is 239 g/mol. The summed E-state index contributed by atoms with van der Waals surface area (Å²) in [5.74, 6) is 1.42. The third-order valence-corrected chi connectivity index (χ3v) is 16.3. The zero-order chi connectivity index (χ0) is 11.4. The molecule has 0 saturated carbocycles. The third-order valence-electron chi connectivity index (χ3n) is 3.83. The predicted molar refractivity (Wildman–Crippen MR) is 78.4 cm³/mol. The van der Waals surface area contributed by atoms with Crippen LogP contribution in [0.5, 0.6) is 0 Å². The SMILES string of the molecule is CCC[PH](C)(C[PH](C)(N)CC)C(C)C. The first-order valence-corrected chi connectivity index (χ1v) is 12.0. The molecule has 0 bridgehead atoms. The van der Waals surface area contributed by atoms with E-state index in [1.165, 1.54) is 24.6 Å². The third kappa shape index (κ3) is 4.56. The van der Waals surface area contributed by atoms with Gasteiger partial charge in [0.25, 0.3) is 0 Å². The van der Waals surface area contributed by atoms with E-state index >= 15 is 0 Å². The Bertz CT molecular complexity index is 169. The average Bonchev–Trinajstić information content (AvgIpc) is 2.03. The zero-order valence-electron chi connectivity index (χ0n) is 11.0. The Kier molecular flexibility index (Phi) is 6.12. The molecule has 0 aromatic heterocycles. The van der Waals surface area contributed by atoms with Crippen molar-refractivity contribution in [2.75, 3.05) is 31.6 Å². The van der Waals surface area contributed by atoms with E-state index in [9.17, 15) is 0 Å². The van der Waals surface area contributed by atoms with E-state index < -0.39 is 14.7 Å². The van der Waals surface area contributed by atoms with Gasteiger partial charge in [-0.25, -0.2) is 0 Å². The fraction of sp³-hybridized carbons (Fsp3) is 1.00. The van der Waals surface area contributed by atoms with Gasteiger partial charge in [0.2, 0.25) is 0 Å². The van der Waals surface area contributed by atoms with Gasteiger partial charge in [-0.05, 0) is 0 Å². The minimum atomic E-state index is -1.35. The predicted octanol–water partition coefficient (Wildman–Crippen LogP) is 3.42. The van der Waals surface area contributed by atoms with Crippen LogP contribution in [-0.2, 0) is 0 Å². The number of hydrogen-bond acceptors (Lipinski definition) is 1. The second kappa shape index (κ2) is 5.78. The standard InChI is InChI=1S/C11H31NP2/c1-7-9-13(5,11(3)4)10-14(6,12)8-2/h11,13-14H,7-10,12H2,1-6H3. The van der Waals surface area contributed by atoms with Crippen molar-refractivity contribution < 1.29 is 0 Å². The van der Waals surface area contributed by atoms with Gasteiger partial charge in [-0.1, -0.05) is 0 Å². The van der Waals surface area contributed by atoms with Gasteiger partial charge in [-0.3, -0.25) is 0 Å². The summed E-state index contributed by atoms with van der Waals surface area (Å²) in [4.78, 5) is 0. The molecule has 0 aromatic rings. The van der Waals surface area contributed by atoms with Gasteiger partial charge < -0.3 is 0 Å². The van der Waals surface area contributed by atoms with Crippen LogP contribution in [0.25, 0.3) is 0 Å².